The Balaban J connectivity index is 1.35. The number of carbonyl (C=O) groups is 1. The van der Waals surface area contributed by atoms with Crippen LogP contribution in [0.2, 0.25) is 0 Å². The second-order valence-electron chi connectivity index (χ2n) is 7.94. The maximum absolute atomic E-state index is 12.6. The Morgan fingerprint density at radius 1 is 1.04 bits per heavy atom. The highest BCUT2D eigenvalue weighted by Crippen LogP contribution is 2.24. The van der Waals surface area contributed by atoms with Gasteiger partial charge in [-0.05, 0) is 51.9 Å². The molecule has 2 fully saturated rings. The van der Waals surface area contributed by atoms with Crippen molar-refractivity contribution in [3.05, 3.63) is 41.4 Å². The lowest BCUT2D eigenvalue weighted by atomic mass is 9.92. The molecule has 1 amide bonds. The zero-order valence-electron chi connectivity index (χ0n) is 16.8. The van der Waals surface area contributed by atoms with Crippen molar-refractivity contribution in [3.8, 4) is 0 Å². The minimum atomic E-state index is -0.0137. The number of nitrogens with zero attached hydrogens (tertiary/aromatic N) is 6. The lowest BCUT2D eigenvalue weighted by molar-refractivity contribution is 0.0683. The van der Waals surface area contributed by atoms with Crippen LogP contribution < -0.4 is 4.90 Å². The van der Waals surface area contributed by atoms with E-state index in [2.05, 4.69) is 30.9 Å². The average Bonchev–Trinajstić information content (AvgIpc) is 3.23. The predicted octanol–water partition coefficient (Wildman–Crippen LogP) is 2.58. The first kappa shape index (κ1) is 18.8. The van der Waals surface area contributed by atoms with Gasteiger partial charge in [-0.3, -0.25) is 9.78 Å². The maximum Gasteiger partial charge on any atom is 0.274 e. The van der Waals surface area contributed by atoms with Crippen LogP contribution in [0, 0.1) is 19.8 Å². The first-order valence-electron chi connectivity index (χ1n) is 10.3. The van der Waals surface area contributed by atoms with Crippen LogP contribution in [0.1, 0.15) is 53.4 Å². The van der Waals surface area contributed by atoms with Crippen LogP contribution in [-0.2, 0) is 6.42 Å². The van der Waals surface area contributed by atoms with E-state index in [4.69, 9.17) is 0 Å². The number of aryl methyl sites for hydroxylation is 2. The molecule has 0 spiro atoms. The summed E-state index contributed by atoms with van der Waals surface area (Å²) in [5, 5.41) is 0. The SMILES string of the molecule is Cc1cnc(C(=O)N2CCC(Cc3cc(N4CCCC4)nc(C)n3)CC2)cn1. The number of hydrogen-bond acceptors (Lipinski definition) is 6. The Morgan fingerprint density at radius 3 is 2.46 bits per heavy atom. The summed E-state index contributed by atoms with van der Waals surface area (Å²) >= 11 is 0. The molecule has 0 bridgehead atoms. The van der Waals surface area contributed by atoms with Crippen molar-refractivity contribution in [1.29, 1.82) is 0 Å². The van der Waals surface area contributed by atoms with Gasteiger partial charge in [0.25, 0.3) is 5.91 Å². The molecule has 2 aromatic heterocycles. The molecule has 7 heteroatoms. The summed E-state index contributed by atoms with van der Waals surface area (Å²) < 4.78 is 0. The molecule has 4 rings (SSSR count). The smallest absolute Gasteiger partial charge is 0.274 e. The number of amides is 1. The van der Waals surface area contributed by atoms with Gasteiger partial charge in [0.05, 0.1) is 11.9 Å². The Hall–Kier alpha value is -2.57. The van der Waals surface area contributed by atoms with E-state index in [0.29, 0.717) is 11.6 Å². The van der Waals surface area contributed by atoms with Gasteiger partial charge in [-0.1, -0.05) is 0 Å². The molecule has 2 aliphatic rings. The molecule has 0 aliphatic carbocycles. The van der Waals surface area contributed by atoms with Crippen LogP contribution in [0.25, 0.3) is 0 Å². The summed E-state index contributed by atoms with van der Waals surface area (Å²) in [6, 6.07) is 2.16. The number of aromatic nitrogens is 4. The fraction of sp³-hybridized carbons (Fsp3) is 0.571. The van der Waals surface area contributed by atoms with Gasteiger partial charge in [0.2, 0.25) is 0 Å². The molecule has 2 aliphatic heterocycles. The first-order chi connectivity index (χ1) is 13.6. The normalized spacial score (nSPS) is 17.9. The molecule has 0 N–H and O–H groups in total. The summed E-state index contributed by atoms with van der Waals surface area (Å²) in [5.41, 5.74) is 2.39. The van der Waals surface area contributed by atoms with Crippen LogP contribution in [-0.4, -0.2) is 56.9 Å². The van der Waals surface area contributed by atoms with E-state index in [9.17, 15) is 4.79 Å². The molecule has 0 saturated carbocycles. The summed E-state index contributed by atoms with van der Waals surface area (Å²) in [7, 11) is 0. The fourth-order valence-corrected chi connectivity index (χ4v) is 4.13. The molecule has 0 unspecified atom stereocenters. The van der Waals surface area contributed by atoms with Crippen molar-refractivity contribution in [2.75, 3.05) is 31.1 Å². The molecule has 2 aromatic rings. The van der Waals surface area contributed by atoms with Crippen molar-refractivity contribution >= 4 is 11.7 Å². The molecule has 7 nitrogen and oxygen atoms in total. The second kappa shape index (κ2) is 8.20. The van der Waals surface area contributed by atoms with Gasteiger partial charge in [-0.25, -0.2) is 15.0 Å². The Bertz CT molecular complexity index is 823. The van der Waals surface area contributed by atoms with E-state index in [1.807, 2.05) is 18.7 Å². The molecule has 0 aromatic carbocycles. The Kier molecular flexibility index (Phi) is 5.50. The van der Waals surface area contributed by atoms with Crippen molar-refractivity contribution in [2.24, 2.45) is 5.92 Å². The highest BCUT2D eigenvalue weighted by molar-refractivity contribution is 5.92. The van der Waals surface area contributed by atoms with Gasteiger partial charge in [0.1, 0.15) is 17.3 Å². The van der Waals surface area contributed by atoms with E-state index in [0.717, 1.165) is 68.5 Å². The highest BCUT2D eigenvalue weighted by Gasteiger charge is 2.25. The third-order valence-corrected chi connectivity index (χ3v) is 5.71. The minimum absolute atomic E-state index is 0.0137. The van der Waals surface area contributed by atoms with Crippen LogP contribution in [0.15, 0.2) is 18.5 Å². The molecule has 2 saturated heterocycles. The molecule has 148 valence electrons. The number of likely N-dealkylation sites (tertiary alicyclic amines) is 1. The fourth-order valence-electron chi connectivity index (χ4n) is 4.13. The van der Waals surface area contributed by atoms with Gasteiger partial charge >= 0.3 is 0 Å². The van der Waals surface area contributed by atoms with Gasteiger partial charge in [-0.2, -0.15) is 0 Å². The average molecular weight is 380 g/mol. The number of rotatable bonds is 4. The molecular weight excluding hydrogens is 352 g/mol. The largest absolute Gasteiger partial charge is 0.357 e. The van der Waals surface area contributed by atoms with Crippen LogP contribution >= 0.6 is 0 Å². The first-order valence-corrected chi connectivity index (χ1v) is 10.3. The molecule has 28 heavy (non-hydrogen) atoms. The van der Waals surface area contributed by atoms with Gasteiger partial charge < -0.3 is 9.80 Å². The summed E-state index contributed by atoms with van der Waals surface area (Å²) in [6.45, 7) is 7.57. The predicted molar refractivity (Wildman–Crippen MR) is 107 cm³/mol. The summed E-state index contributed by atoms with van der Waals surface area (Å²) in [5.74, 6) is 2.46. The third kappa shape index (κ3) is 4.29. The molecule has 0 atom stereocenters. The quantitative estimate of drug-likeness (QED) is 0.812. The zero-order chi connectivity index (χ0) is 19.5. The van der Waals surface area contributed by atoms with Gasteiger partial charge in [0.15, 0.2) is 0 Å². The van der Waals surface area contributed by atoms with E-state index in [1.54, 1.807) is 12.4 Å². The Morgan fingerprint density at radius 2 is 1.79 bits per heavy atom. The van der Waals surface area contributed by atoms with Crippen LogP contribution in [0.3, 0.4) is 0 Å². The van der Waals surface area contributed by atoms with Crippen molar-refractivity contribution in [1.82, 2.24) is 24.8 Å². The van der Waals surface area contributed by atoms with Gasteiger partial charge in [-0.15, -0.1) is 0 Å². The lowest BCUT2D eigenvalue weighted by Gasteiger charge is -2.31. The van der Waals surface area contributed by atoms with E-state index >= 15 is 0 Å². The van der Waals surface area contributed by atoms with E-state index < -0.39 is 0 Å². The number of hydrogen-bond donors (Lipinski definition) is 0. The third-order valence-electron chi connectivity index (χ3n) is 5.71. The highest BCUT2D eigenvalue weighted by atomic mass is 16.2. The monoisotopic (exact) mass is 380 g/mol. The molecule has 4 heterocycles. The van der Waals surface area contributed by atoms with E-state index in [1.165, 1.54) is 12.8 Å². The minimum Gasteiger partial charge on any atom is -0.357 e. The number of carbonyl (C=O) groups excluding carboxylic acids is 1. The van der Waals surface area contributed by atoms with Gasteiger partial charge in [0, 0.05) is 44.1 Å². The zero-order valence-corrected chi connectivity index (χ0v) is 16.8. The van der Waals surface area contributed by atoms with Crippen LogP contribution in [0.4, 0.5) is 5.82 Å². The molecular formula is C21H28N6O. The standard InChI is InChI=1S/C21H28N6O/c1-15-13-23-19(14-22-15)21(28)27-9-5-17(6-10-27)11-18-12-20(25-16(2)24-18)26-7-3-4-8-26/h12-14,17H,3-11H2,1-2H3. The van der Waals surface area contributed by atoms with Crippen molar-refractivity contribution in [2.45, 2.75) is 46.0 Å². The van der Waals surface area contributed by atoms with Crippen molar-refractivity contribution in [3.63, 3.8) is 0 Å². The summed E-state index contributed by atoms with van der Waals surface area (Å²) in [4.78, 5) is 34.6. The number of piperidine rings is 1. The molecule has 0 radical (unpaired) electrons. The van der Waals surface area contributed by atoms with E-state index in [-0.39, 0.29) is 5.91 Å². The topological polar surface area (TPSA) is 75.1 Å². The lowest BCUT2D eigenvalue weighted by Crippen LogP contribution is -2.39. The summed E-state index contributed by atoms with van der Waals surface area (Å²) in [6.07, 6.45) is 8.66. The van der Waals surface area contributed by atoms with Crippen molar-refractivity contribution < 1.29 is 4.79 Å². The second-order valence-corrected chi connectivity index (χ2v) is 7.94. The number of anilines is 1. The Labute approximate surface area is 166 Å². The maximum atomic E-state index is 12.6. The van der Waals surface area contributed by atoms with Crippen LogP contribution in [0.5, 0.6) is 0 Å².